The van der Waals surface area contributed by atoms with Gasteiger partial charge in [0.25, 0.3) is 0 Å². The number of hydrogen-bond acceptors (Lipinski definition) is 2. The molecule has 2 heteroatoms. The largest absolute Gasteiger partial charge is 0.508 e. The van der Waals surface area contributed by atoms with E-state index in [1.807, 2.05) is 18.2 Å². The molecule has 0 unspecified atom stereocenters. The van der Waals surface area contributed by atoms with Gasteiger partial charge in [0.2, 0.25) is 0 Å². The third kappa shape index (κ3) is 2.75. The maximum Gasteiger partial charge on any atom is 0.115 e. The van der Waals surface area contributed by atoms with Crippen LogP contribution in [0.1, 0.15) is 24.0 Å². The topological polar surface area (TPSA) is 32.3 Å². The van der Waals surface area contributed by atoms with E-state index in [0.717, 1.165) is 25.9 Å². The summed E-state index contributed by atoms with van der Waals surface area (Å²) in [6.45, 7) is 2.09. The normalized spacial score (nSPS) is 15.1. The Morgan fingerprint density at radius 2 is 1.40 bits per heavy atom. The Morgan fingerprint density at radius 3 is 2.05 bits per heavy atom. The van der Waals surface area contributed by atoms with Gasteiger partial charge in [-0.15, -0.1) is 0 Å². The Bertz CT molecular complexity index is 591. The van der Waals surface area contributed by atoms with Crippen LogP contribution in [0.25, 0.3) is 5.57 Å². The van der Waals surface area contributed by atoms with Gasteiger partial charge in [-0.05, 0) is 54.8 Å². The van der Waals surface area contributed by atoms with E-state index in [0.29, 0.717) is 5.75 Å². The summed E-state index contributed by atoms with van der Waals surface area (Å²) in [4.78, 5) is 0. The first-order chi connectivity index (χ1) is 9.84. The van der Waals surface area contributed by atoms with Crippen molar-refractivity contribution in [2.45, 2.75) is 12.8 Å². The Kier molecular flexibility index (Phi) is 3.84. The molecule has 102 valence electrons. The second kappa shape index (κ2) is 5.93. The van der Waals surface area contributed by atoms with Crippen LogP contribution in [-0.4, -0.2) is 18.2 Å². The summed E-state index contributed by atoms with van der Waals surface area (Å²) in [5, 5.41) is 12.9. The van der Waals surface area contributed by atoms with Gasteiger partial charge in [0.15, 0.2) is 0 Å². The van der Waals surface area contributed by atoms with E-state index in [2.05, 4.69) is 29.6 Å². The predicted octanol–water partition coefficient (Wildman–Crippen LogP) is 3.58. The lowest BCUT2D eigenvalue weighted by Crippen LogP contribution is -2.23. The SMILES string of the molecule is Oc1ccc(C(=C2CCNCC2)c2ccccc2)cc1. The van der Waals surface area contributed by atoms with Crippen molar-refractivity contribution in [3.8, 4) is 5.75 Å². The minimum absolute atomic E-state index is 0.316. The summed E-state index contributed by atoms with van der Waals surface area (Å²) in [5.74, 6) is 0.316. The lowest BCUT2D eigenvalue weighted by Gasteiger charge is -2.21. The van der Waals surface area contributed by atoms with Crippen LogP contribution in [0.2, 0.25) is 0 Å². The fourth-order valence-corrected chi connectivity index (χ4v) is 2.79. The molecule has 1 aliphatic rings. The molecule has 3 rings (SSSR count). The summed E-state index contributed by atoms with van der Waals surface area (Å²) in [7, 11) is 0. The summed E-state index contributed by atoms with van der Waals surface area (Å²) < 4.78 is 0. The number of rotatable bonds is 2. The number of phenolic OH excluding ortho intramolecular Hbond substituents is 1. The molecule has 1 heterocycles. The monoisotopic (exact) mass is 265 g/mol. The second-order valence-electron chi connectivity index (χ2n) is 5.14. The second-order valence-corrected chi connectivity index (χ2v) is 5.14. The zero-order valence-electron chi connectivity index (χ0n) is 11.5. The molecule has 0 bridgehead atoms. The van der Waals surface area contributed by atoms with Crippen molar-refractivity contribution in [3.63, 3.8) is 0 Å². The minimum atomic E-state index is 0.316. The smallest absolute Gasteiger partial charge is 0.115 e. The quantitative estimate of drug-likeness (QED) is 0.870. The van der Waals surface area contributed by atoms with E-state index in [1.165, 1.54) is 22.3 Å². The zero-order valence-corrected chi connectivity index (χ0v) is 11.5. The number of benzene rings is 2. The molecule has 0 amide bonds. The summed E-state index contributed by atoms with van der Waals surface area (Å²) in [5.41, 5.74) is 5.27. The fraction of sp³-hybridized carbons (Fsp3) is 0.222. The van der Waals surface area contributed by atoms with Crippen molar-refractivity contribution in [1.82, 2.24) is 5.32 Å². The zero-order chi connectivity index (χ0) is 13.8. The fourth-order valence-electron chi connectivity index (χ4n) is 2.79. The van der Waals surface area contributed by atoms with Gasteiger partial charge < -0.3 is 10.4 Å². The van der Waals surface area contributed by atoms with Crippen molar-refractivity contribution < 1.29 is 5.11 Å². The molecule has 0 saturated carbocycles. The van der Waals surface area contributed by atoms with Crippen LogP contribution in [0.3, 0.4) is 0 Å². The third-order valence-corrected chi connectivity index (χ3v) is 3.78. The average molecular weight is 265 g/mol. The molecular formula is C18H19NO. The van der Waals surface area contributed by atoms with Crippen LogP contribution < -0.4 is 5.32 Å². The van der Waals surface area contributed by atoms with E-state index in [9.17, 15) is 5.11 Å². The van der Waals surface area contributed by atoms with Crippen LogP contribution in [0, 0.1) is 0 Å². The summed E-state index contributed by atoms with van der Waals surface area (Å²) in [6, 6.07) is 18.1. The highest BCUT2D eigenvalue weighted by atomic mass is 16.3. The standard InChI is InChI=1S/C18H19NO/c20-17-8-6-15(7-9-17)18(14-4-2-1-3-5-14)16-10-12-19-13-11-16/h1-9,19-20H,10-13H2. The van der Waals surface area contributed by atoms with Crippen molar-refractivity contribution >= 4 is 5.57 Å². The van der Waals surface area contributed by atoms with Gasteiger partial charge in [-0.1, -0.05) is 48.0 Å². The van der Waals surface area contributed by atoms with Gasteiger partial charge in [0.1, 0.15) is 5.75 Å². The first kappa shape index (κ1) is 12.9. The first-order valence-electron chi connectivity index (χ1n) is 7.12. The first-order valence-corrected chi connectivity index (χ1v) is 7.12. The highest BCUT2D eigenvalue weighted by molar-refractivity contribution is 5.82. The maximum atomic E-state index is 9.49. The molecule has 0 aliphatic carbocycles. The molecule has 0 spiro atoms. The van der Waals surface area contributed by atoms with Gasteiger partial charge in [-0.2, -0.15) is 0 Å². The number of aromatic hydroxyl groups is 1. The van der Waals surface area contributed by atoms with Crippen molar-refractivity contribution in [3.05, 3.63) is 71.3 Å². The minimum Gasteiger partial charge on any atom is -0.508 e. The van der Waals surface area contributed by atoms with Crippen molar-refractivity contribution in [2.24, 2.45) is 0 Å². The lowest BCUT2D eigenvalue weighted by atomic mass is 9.89. The van der Waals surface area contributed by atoms with Gasteiger partial charge in [0.05, 0.1) is 0 Å². The molecule has 2 aromatic rings. The van der Waals surface area contributed by atoms with Crippen LogP contribution in [-0.2, 0) is 0 Å². The van der Waals surface area contributed by atoms with Crippen LogP contribution in [0.4, 0.5) is 0 Å². The Morgan fingerprint density at radius 1 is 0.800 bits per heavy atom. The molecule has 1 aliphatic heterocycles. The van der Waals surface area contributed by atoms with Crippen molar-refractivity contribution in [2.75, 3.05) is 13.1 Å². The molecule has 0 atom stereocenters. The predicted molar refractivity (Wildman–Crippen MR) is 82.7 cm³/mol. The van der Waals surface area contributed by atoms with E-state index in [4.69, 9.17) is 0 Å². The maximum absolute atomic E-state index is 9.49. The van der Waals surface area contributed by atoms with E-state index in [-0.39, 0.29) is 0 Å². The molecule has 2 N–H and O–H groups in total. The molecular weight excluding hydrogens is 246 g/mol. The van der Waals surface area contributed by atoms with Crippen molar-refractivity contribution in [1.29, 1.82) is 0 Å². The summed E-state index contributed by atoms with van der Waals surface area (Å²) in [6.07, 6.45) is 2.18. The Hall–Kier alpha value is -2.06. The number of phenols is 1. The number of piperidine rings is 1. The van der Waals surface area contributed by atoms with E-state index in [1.54, 1.807) is 12.1 Å². The van der Waals surface area contributed by atoms with Crippen LogP contribution in [0.15, 0.2) is 60.2 Å². The molecule has 0 radical (unpaired) electrons. The molecule has 1 saturated heterocycles. The molecule has 2 aromatic carbocycles. The highest BCUT2D eigenvalue weighted by Gasteiger charge is 2.14. The Labute approximate surface area is 119 Å². The van der Waals surface area contributed by atoms with Gasteiger partial charge in [-0.25, -0.2) is 0 Å². The molecule has 0 aromatic heterocycles. The Balaban J connectivity index is 2.10. The third-order valence-electron chi connectivity index (χ3n) is 3.78. The lowest BCUT2D eigenvalue weighted by molar-refractivity contribution is 0.475. The summed E-state index contributed by atoms with van der Waals surface area (Å²) >= 11 is 0. The molecule has 20 heavy (non-hydrogen) atoms. The average Bonchev–Trinajstić information content (AvgIpc) is 2.52. The highest BCUT2D eigenvalue weighted by Crippen LogP contribution is 2.31. The van der Waals surface area contributed by atoms with Gasteiger partial charge in [-0.3, -0.25) is 0 Å². The number of hydrogen-bond donors (Lipinski definition) is 2. The van der Waals surface area contributed by atoms with E-state index >= 15 is 0 Å². The molecule has 1 fully saturated rings. The van der Waals surface area contributed by atoms with Crippen LogP contribution in [0.5, 0.6) is 5.75 Å². The van der Waals surface area contributed by atoms with E-state index < -0.39 is 0 Å². The van der Waals surface area contributed by atoms with Gasteiger partial charge in [0, 0.05) is 0 Å². The number of nitrogens with one attached hydrogen (secondary N) is 1. The van der Waals surface area contributed by atoms with Gasteiger partial charge >= 0.3 is 0 Å². The van der Waals surface area contributed by atoms with Crippen LogP contribution >= 0.6 is 0 Å². The molecule has 2 nitrogen and oxygen atoms in total.